The molecule has 0 spiro atoms. The number of hydrogen-bond donors (Lipinski definition) is 1. The minimum Gasteiger partial charge on any atom is -0.462 e. The maximum Gasteiger partial charge on any atom is 0.302 e. The summed E-state index contributed by atoms with van der Waals surface area (Å²) in [6, 6.07) is 0. The number of hydrogen-bond acceptors (Lipinski definition) is 3. The molecule has 0 saturated heterocycles. The quantitative estimate of drug-likeness (QED) is 0.357. The van der Waals surface area contributed by atoms with E-state index in [-0.39, 0.29) is 23.6 Å². The number of carbonyl (C=O) groups excluding carboxylic acids is 1. The fourth-order valence-corrected chi connectivity index (χ4v) is 8.98. The summed E-state index contributed by atoms with van der Waals surface area (Å²) in [4.78, 5) is 11.5. The molecule has 3 heteroatoms. The van der Waals surface area contributed by atoms with Gasteiger partial charge in [0.25, 0.3) is 0 Å². The summed E-state index contributed by atoms with van der Waals surface area (Å²) >= 11 is 0. The average molecular weight is 445 g/mol. The van der Waals surface area contributed by atoms with Crippen LogP contribution in [0.1, 0.15) is 106 Å². The van der Waals surface area contributed by atoms with Gasteiger partial charge in [-0.15, -0.1) is 0 Å². The van der Waals surface area contributed by atoms with Crippen LogP contribution >= 0.6 is 0 Å². The predicted octanol–water partition coefficient (Wildman–Crippen LogP) is 6.93. The summed E-state index contributed by atoms with van der Waals surface area (Å²) in [6.45, 7) is 13.7. The van der Waals surface area contributed by atoms with Crippen molar-refractivity contribution >= 4 is 5.97 Å². The van der Waals surface area contributed by atoms with E-state index >= 15 is 0 Å². The van der Waals surface area contributed by atoms with Crippen LogP contribution in [-0.2, 0) is 9.53 Å². The van der Waals surface area contributed by atoms with Crippen LogP contribution in [0.25, 0.3) is 0 Å². The van der Waals surface area contributed by atoms with Crippen molar-refractivity contribution in [1.82, 2.24) is 0 Å². The lowest BCUT2D eigenvalue weighted by atomic mass is 9.46. The Kier molecular flexibility index (Phi) is 6.90. The standard InChI is InChI=1S/C29H48O3/c1-18(2)8-7-9-19(3)23-10-11-24-27-25(13-15-29(23,24)6)28(5)14-12-22(32-20(4)30)16-21(28)17-26(27)31/h17-19,22-27,31H,7-16H2,1-6H3/t19-,22+,23-,24+,25+,26?,27+,28+,29-/m1/s1. The molecule has 32 heavy (non-hydrogen) atoms. The van der Waals surface area contributed by atoms with Gasteiger partial charge in [-0.25, -0.2) is 0 Å². The fraction of sp³-hybridized carbons (Fsp3) is 0.897. The minimum absolute atomic E-state index is 0.00742. The van der Waals surface area contributed by atoms with Gasteiger partial charge in [-0.2, -0.15) is 0 Å². The minimum atomic E-state index is -0.334. The van der Waals surface area contributed by atoms with Gasteiger partial charge in [0.2, 0.25) is 0 Å². The average Bonchev–Trinajstić information content (AvgIpc) is 3.05. The molecule has 4 aliphatic rings. The summed E-state index contributed by atoms with van der Waals surface area (Å²) < 4.78 is 5.57. The molecule has 0 aliphatic heterocycles. The van der Waals surface area contributed by atoms with E-state index in [1.165, 1.54) is 57.4 Å². The summed E-state index contributed by atoms with van der Waals surface area (Å²) in [5.74, 6) is 3.85. The van der Waals surface area contributed by atoms with E-state index in [9.17, 15) is 9.90 Å². The van der Waals surface area contributed by atoms with Crippen LogP contribution in [0, 0.1) is 46.3 Å². The molecule has 0 amide bonds. The largest absolute Gasteiger partial charge is 0.462 e. The lowest BCUT2D eigenvalue weighted by molar-refractivity contribution is -0.149. The van der Waals surface area contributed by atoms with Crippen molar-refractivity contribution in [3.63, 3.8) is 0 Å². The molecule has 4 aliphatic carbocycles. The highest BCUT2D eigenvalue weighted by Gasteiger charge is 2.61. The van der Waals surface area contributed by atoms with Gasteiger partial charge in [-0.05, 0) is 84.9 Å². The Balaban J connectivity index is 1.51. The second kappa shape index (κ2) is 9.08. The lowest BCUT2D eigenvalue weighted by Crippen LogP contribution is -2.55. The van der Waals surface area contributed by atoms with Crippen LogP contribution in [0.4, 0.5) is 0 Å². The maximum atomic E-state index is 11.5. The molecule has 0 aromatic rings. The Morgan fingerprint density at radius 2 is 1.84 bits per heavy atom. The Hall–Kier alpha value is -0.830. The predicted molar refractivity (Wildman–Crippen MR) is 130 cm³/mol. The molecule has 9 atom stereocenters. The van der Waals surface area contributed by atoms with Gasteiger partial charge in [-0.1, -0.05) is 65.5 Å². The first kappa shape index (κ1) is 24.3. The molecule has 1 N–H and O–H groups in total. The van der Waals surface area contributed by atoms with Crippen molar-refractivity contribution in [2.24, 2.45) is 46.3 Å². The Bertz CT molecular complexity index is 726. The fourth-order valence-electron chi connectivity index (χ4n) is 8.98. The van der Waals surface area contributed by atoms with Gasteiger partial charge >= 0.3 is 5.97 Å². The van der Waals surface area contributed by atoms with Crippen molar-refractivity contribution in [3.8, 4) is 0 Å². The second-order valence-corrected chi connectivity index (χ2v) is 12.9. The molecule has 0 aromatic heterocycles. The van der Waals surface area contributed by atoms with E-state index in [4.69, 9.17) is 4.74 Å². The first-order valence-electron chi connectivity index (χ1n) is 13.6. The van der Waals surface area contributed by atoms with Gasteiger partial charge in [0.15, 0.2) is 0 Å². The van der Waals surface area contributed by atoms with E-state index in [1.54, 1.807) is 0 Å². The molecule has 0 bridgehead atoms. The molecule has 182 valence electrons. The molecular weight excluding hydrogens is 396 g/mol. The van der Waals surface area contributed by atoms with Crippen LogP contribution in [0.5, 0.6) is 0 Å². The number of aliphatic hydroxyl groups is 1. The number of ether oxygens (including phenoxy) is 1. The highest BCUT2D eigenvalue weighted by Crippen LogP contribution is 2.67. The van der Waals surface area contributed by atoms with E-state index in [2.05, 4.69) is 40.7 Å². The van der Waals surface area contributed by atoms with Crippen LogP contribution in [0.3, 0.4) is 0 Å². The van der Waals surface area contributed by atoms with Crippen LogP contribution in [0.15, 0.2) is 11.6 Å². The van der Waals surface area contributed by atoms with Gasteiger partial charge < -0.3 is 9.84 Å². The van der Waals surface area contributed by atoms with Crippen molar-refractivity contribution in [2.45, 2.75) is 118 Å². The summed E-state index contributed by atoms with van der Waals surface area (Å²) in [5.41, 5.74) is 1.92. The normalized spacial score (nSPS) is 44.3. The van der Waals surface area contributed by atoms with Gasteiger partial charge in [0.05, 0.1) is 6.10 Å². The topological polar surface area (TPSA) is 46.5 Å². The summed E-state index contributed by atoms with van der Waals surface area (Å²) in [5, 5.41) is 11.4. The summed E-state index contributed by atoms with van der Waals surface area (Å²) in [6.07, 6.45) is 14.0. The van der Waals surface area contributed by atoms with Crippen LogP contribution in [-0.4, -0.2) is 23.3 Å². The van der Waals surface area contributed by atoms with E-state index < -0.39 is 0 Å². The smallest absolute Gasteiger partial charge is 0.302 e. The number of carbonyl (C=O) groups is 1. The second-order valence-electron chi connectivity index (χ2n) is 12.9. The number of aliphatic hydroxyl groups excluding tert-OH is 1. The van der Waals surface area contributed by atoms with Gasteiger partial charge in [0.1, 0.15) is 6.10 Å². The Labute approximate surface area is 196 Å². The summed E-state index contributed by atoms with van der Waals surface area (Å²) in [7, 11) is 0. The lowest BCUT2D eigenvalue weighted by Gasteiger charge is -2.59. The number of fused-ring (bicyclic) bond motifs is 5. The zero-order valence-electron chi connectivity index (χ0n) is 21.5. The zero-order chi connectivity index (χ0) is 23.3. The first-order valence-corrected chi connectivity index (χ1v) is 13.6. The Morgan fingerprint density at radius 1 is 1.09 bits per heavy atom. The van der Waals surface area contributed by atoms with Crippen LogP contribution in [0.2, 0.25) is 0 Å². The SMILES string of the molecule is CC(=O)O[C@H]1CC[C@@]2(C)C(=CC(O)[C@H]3[C@@H]4CC[C@H]([C@H](C)CCCC(C)C)[C@@]4(C)CC[C@@H]32)C1. The highest BCUT2D eigenvalue weighted by atomic mass is 16.5. The molecule has 3 fully saturated rings. The van der Waals surface area contributed by atoms with Crippen LogP contribution < -0.4 is 0 Å². The maximum absolute atomic E-state index is 11.5. The molecule has 0 heterocycles. The third-order valence-corrected chi connectivity index (χ3v) is 10.6. The van der Waals surface area contributed by atoms with Gasteiger partial charge in [-0.3, -0.25) is 4.79 Å². The molecule has 3 saturated carbocycles. The number of rotatable bonds is 6. The number of esters is 1. The monoisotopic (exact) mass is 444 g/mol. The molecule has 0 aromatic carbocycles. The third kappa shape index (κ3) is 4.21. The first-order chi connectivity index (χ1) is 15.1. The molecule has 4 rings (SSSR count). The van der Waals surface area contributed by atoms with E-state index in [0.29, 0.717) is 23.2 Å². The zero-order valence-corrected chi connectivity index (χ0v) is 21.5. The highest BCUT2D eigenvalue weighted by molar-refractivity contribution is 5.66. The molecule has 3 nitrogen and oxygen atoms in total. The van der Waals surface area contributed by atoms with Crippen molar-refractivity contribution in [3.05, 3.63) is 11.6 Å². The van der Waals surface area contributed by atoms with Crippen molar-refractivity contribution < 1.29 is 14.6 Å². The van der Waals surface area contributed by atoms with Crippen molar-refractivity contribution in [1.29, 1.82) is 0 Å². The molecule has 0 radical (unpaired) electrons. The van der Waals surface area contributed by atoms with Crippen molar-refractivity contribution in [2.75, 3.05) is 0 Å². The van der Waals surface area contributed by atoms with E-state index in [0.717, 1.165) is 37.0 Å². The molecule has 1 unspecified atom stereocenters. The third-order valence-electron chi connectivity index (χ3n) is 10.6. The molecular formula is C29H48O3. The van der Waals surface area contributed by atoms with Gasteiger partial charge in [0, 0.05) is 13.3 Å². The Morgan fingerprint density at radius 3 is 2.53 bits per heavy atom. The van der Waals surface area contributed by atoms with E-state index in [1.807, 2.05) is 0 Å².